The van der Waals surface area contributed by atoms with Crippen LogP contribution in [0.2, 0.25) is 0 Å². The van der Waals surface area contributed by atoms with Crippen molar-refractivity contribution in [1.82, 2.24) is 29.7 Å². The first-order valence-electron chi connectivity index (χ1n) is 8.78. The molecule has 6 N–H and O–H groups in total. The van der Waals surface area contributed by atoms with Crippen LogP contribution < -0.4 is 21.7 Å². The predicted molar refractivity (Wildman–Crippen MR) is 109 cm³/mol. The van der Waals surface area contributed by atoms with E-state index >= 15 is 0 Å². The number of nitrogens with two attached hydrogens (primary N) is 1. The lowest BCUT2D eigenvalue weighted by Crippen LogP contribution is -2.10. The molecule has 0 aromatic carbocycles. The number of aliphatic hydroxyl groups excluding tert-OH is 1. The number of amides is 1. The van der Waals surface area contributed by atoms with Crippen LogP contribution in [-0.4, -0.2) is 68.0 Å². The zero-order valence-electron chi connectivity index (χ0n) is 16.2. The SMILES string of the molecule is CNc1nc(NC)c(/N=N/c2nn(-c3ncccn3)cc2C(N)=O)c(NCCO)n1. The average molecular weight is 412 g/mol. The van der Waals surface area contributed by atoms with Gasteiger partial charge >= 0.3 is 0 Å². The first kappa shape index (κ1) is 20.5. The van der Waals surface area contributed by atoms with Gasteiger partial charge in [0.25, 0.3) is 11.9 Å². The summed E-state index contributed by atoms with van der Waals surface area (Å²) in [5.41, 5.74) is 5.74. The Morgan fingerprint density at radius 3 is 2.53 bits per heavy atom. The molecule has 30 heavy (non-hydrogen) atoms. The van der Waals surface area contributed by atoms with Gasteiger partial charge in [-0.15, -0.1) is 15.3 Å². The van der Waals surface area contributed by atoms with Crippen molar-refractivity contribution in [2.45, 2.75) is 0 Å². The summed E-state index contributed by atoms with van der Waals surface area (Å²) >= 11 is 0. The maximum atomic E-state index is 11.8. The summed E-state index contributed by atoms with van der Waals surface area (Å²) in [5, 5.41) is 30.2. The Morgan fingerprint density at radius 2 is 1.90 bits per heavy atom. The van der Waals surface area contributed by atoms with E-state index in [9.17, 15) is 4.79 Å². The van der Waals surface area contributed by atoms with Crippen LogP contribution in [0.15, 0.2) is 34.9 Å². The summed E-state index contributed by atoms with van der Waals surface area (Å²) in [6.07, 6.45) is 4.44. The number of primary amides is 1. The van der Waals surface area contributed by atoms with Gasteiger partial charge in [0.2, 0.25) is 11.8 Å². The van der Waals surface area contributed by atoms with Crippen LogP contribution in [0, 0.1) is 0 Å². The van der Waals surface area contributed by atoms with E-state index in [4.69, 9.17) is 10.8 Å². The molecular weight excluding hydrogens is 392 g/mol. The number of hydrogen-bond donors (Lipinski definition) is 5. The zero-order valence-corrected chi connectivity index (χ0v) is 16.2. The lowest BCUT2D eigenvalue weighted by molar-refractivity contribution is 0.100. The number of carbonyl (C=O) groups excluding carboxylic acids is 1. The summed E-state index contributed by atoms with van der Waals surface area (Å²) in [6, 6.07) is 1.65. The van der Waals surface area contributed by atoms with Crippen molar-refractivity contribution in [3.05, 3.63) is 30.2 Å². The summed E-state index contributed by atoms with van der Waals surface area (Å²) in [7, 11) is 3.33. The van der Waals surface area contributed by atoms with Crippen LogP contribution in [-0.2, 0) is 0 Å². The van der Waals surface area contributed by atoms with E-state index in [1.807, 2.05) is 0 Å². The van der Waals surface area contributed by atoms with Gasteiger partial charge in [-0.2, -0.15) is 9.97 Å². The molecule has 0 aliphatic carbocycles. The number of azo groups is 1. The van der Waals surface area contributed by atoms with E-state index in [1.165, 1.54) is 23.3 Å². The summed E-state index contributed by atoms with van der Waals surface area (Å²) in [5.74, 6) is 0.502. The Kier molecular flexibility index (Phi) is 6.39. The summed E-state index contributed by atoms with van der Waals surface area (Å²) < 4.78 is 1.28. The molecule has 0 unspecified atom stereocenters. The van der Waals surface area contributed by atoms with Gasteiger partial charge in [0.1, 0.15) is 5.56 Å². The topological polar surface area (TPSA) is 194 Å². The molecule has 0 saturated heterocycles. The van der Waals surface area contributed by atoms with Crippen molar-refractivity contribution < 1.29 is 9.90 Å². The van der Waals surface area contributed by atoms with Gasteiger partial charge in [0, 0.05) is 39.2 Å². The summed E-state index contributed by atoms with van der Waals surface area (Å²) in [6.45, 7) is 0.121. The van der Waals surface area contributed by atoms with Gasteiger partial charge in [-0.3, -0.25) is 4.79 Å². The number of rotatable bonds is 9. The van der Waals surface area contributed by atoms with Gasteiger partial charge in [-0.05, 0) is 6.07 Å². The third-order valence-electron chi connectivity index (χ3n) is 3.71. The molecule has 0 aliphatic rings. The number of carbonyl (C=O) groups is 1. The molecule has 0 bridgehead atoms. The van der Waals surface area contributed by atoms with E-state index in [2.05, 4.69) is 51.2 Å². The monoisotopic (exact) mass is 412 g/mol. The molecule has 0 radical (unpaired) electrons. The number of nitrogens with one attached hydrogen (secondary N) is 3. The van der Waals surface area contributed by atoms with Crippen molar-refractivity contribution in [2.24, 2.45) is 16.0 Å². The summed E-state index contributed by atoms with van der Waals surface area (Å²) in [4.78, 5) is 28.5. The highest BCUT2D eigenvalue weighted by atomic mass is 16.3. The van der Waals surface area contributed by atoms with Crippen molar-refractivity contribution in [2.75, 3.05) is 43.2 Å². The van der Waals surface area contributed by atoms with Gasteiger partial charge in [0.05, 0.1) is 6.61 Å². The van der Waals surface area contributed by atoms with Crippen LogP contribution in [0.1, 0.15) is 10.4 Å². The molecule has 14 heteroatoms. The number of aromatic nitrogens is 6. The standard InChI is InChI=1S/C16H20N12O2/c1-18-13-10(14(20-6-7-29)24-15(19-2)23-13)25-26-12-9(11(17)30)8-28(27-12)16-21-4-3-5-22-16/h3-5,8,29H,6-7H2,1-2H3,(H2,17,30)(H3,18,19,20,23,24)/b26-25+. The number of anilines is 3. The minimum absolute atomic E-state index is 0.0252. The second kappa shape index (κ2) is 9.33. The van der Waals surface area contributed by atoms with Crippen molar-refractivity contribution in [1.29, 1.82) is 0 Å². The van der Waals surface area contributed by atoms with Crippen LogP contribution in [0.25, 0.3) is 5.95 Å². The van der Waals surface area contributed by atoms with E-state index in [-0.39, 0.29) is 36.2 Å². The largest absolute Gasteiger partial charge is 0.395 e. The highest BCUT2D eigenvalue weighted by Gasteiger charge is 2.18. The van der Waals surface area contributed by atoms with Gasteiger partial charge < -0.3 is 26.8 Å². The molecule has 0 atom stereocenters. The van der Waals surface area contributed by atoms with Crippen molar-refractivity contribution in [3.63, 3.8) is 0 Å². The van der Waals surface area contributed by atoms with Crippen LogP contribution in [0.4, 0.5) is 29.1 Å². The molecule has 3 heterocycles. The number of aliphatic hydroxyl groups is 1. The Hall–Kier alpha value is -4.20. The molecule has 3 aromatic rings. The predicted octanol–water partition coefficient (Wildman–Crippen LogP) is 0.454. The third kappa shape index (κ3) is 4.44. The fourth-order valence-electron chi connectivity index (χ4n) is 2.36. The smallest absolute Gasteiger partial charge is 0.254 e. The van der Waals surface area contributed by atoms with E-state index in [1.54, 1.807) is 20.2 Å². The maximum Gasteiger partial charge on any atom is 0.254 e. The fourth-order valence-corrected chi connectivity index (χ4v) is 2.36. The average Bonchev–Trinajstić information content (AvgIpc) is 3.21. The zero-order chi connectivity index (χ0) is 21.5. The first-order chi connectivity index (χ1) is 14.6. The molecule has 156 valence electrons. The Morgan fingerprint density at radius 1 is 1.17 bits per heavy atom. The van der Waals surface area contributed by atoms with Crippen molar-refractivity contribution in [3.8, 4) is 5.95 Å². The molecule has 0 aliphatic heterocycles. The quantitative estimate of drug-likeness (QED) is 0.308. The molecule has 1 amide bonds. The lowest BCUT2D eigenvalue weighted by Gasteiger charge is -2.12. The van der Waals surface area contributed by atoms with E-state index in [0.29, 0.717) is 17.6 Å². The van der Waals surface area contributed by atoms with Gasteiger partial charge in [-0.1, -0.05) is 0 Å². The minimum atomic E-state index is -0.736. The molecule has 14 nitrogen and oxygen atoms in total. The highest BCUT2D eigenvalue weighted by molar-refractivity contribution is 5.96. The minimum Gasteiger partial charge on any atom is -0.395 e. The second-order valence-electron chi connectivity index (χ2n) is 5.67. The van der Waals surface area contributed by atoms with E-state index < -0.39 is 5.91 Å². The Bertz CT molecular complexity index is 1050. The second-order valence-corrected chi connectivity index (χ2v) is 5.67. The number of nitrogens with zero attached hydrogens (tertiary/aromatic N) is 8. The number of hydrogen-bond acceptors (Lipinski definition) is 12. The molecule has 0 fully saturated rings. The van der Waals surface area contributed by atoms with Crippen molar-refractivity contribution >= 4 is 35.0 Å². The first-order valence-corrected chi connectivity index (χ1v) is 8.78. The molecule has 3 aromatic heterocycles. The maximum absolute atomic E-state index is 11.8. The normalized spacial score (nSPS) is 10.9. The molecule has 3 rings (SSSR count). The van der Waals surface area contributed by atoms with Crippen LogP contribution in [0.3, 0.4) is 0 Å². The molecule has 0 saturated carbocycles. The Balaban J connectivity index is 2.04. The van der Waals surface area contributed by atoms with Crippen LogP contribution in [0.5, 0.6) is 0 Å². The van der Waals surface area contributed by atoms with Gasteiger partial charge in [-0.25, -0.2) is 14.6 Å². The van der Waals surface area contributed by atoms with Crippen LogP contribution >= 0.6 is 0 Å². The van der Waals surface area contributed by atoms with Gasteiger partial charge in [0.15, 0.2) is 17.3 Å². The lowest BCUT2D eigenvalue weighted by atomic mass is 10.3. The van der Waals surface area contributed by atoms with E-state index in [0.717, 1.165) is 0 Å². The highest BCUT2D eigenvalue weighted by Crippen LogP contribution is 2.33. The fraction of sp³-hybridized carbons (Fsp3) is 0.250. The third-order valence-corrected chi connectivity index (χ3v) is 3.71. The molecule has 0 spiro atoms. The Labute approximate surface area is 170 Å². The molecular formula is C16H20N12O2.